The molecule has 1 aliphatic carbocycles. The molecule has 2 fully saturated rings. The predicted molar refractivity (Wildman–Crippen MR) is 64.8 cm³/mol. The third kappa shape index (κ3) is 2.11. The Kier molecular flexibility index (Phi) is 3.36. The zero-order chi connectivity index (χ0) is 13.5. The van der Waals surface area contributed by atoms with Gasteiger partial charge in [-0.05, 0) is 24.2 Å². The summed E-state index contributed by atoms with van der Waals surface area (Å²) in [6, 6.07) is 0. The van der Waals surface area contributed by atoms with Gasteiger partial charge in [-0.15, -0.1) is 0 Å². The third-order valence-corrected chi connectivity index (χ3v) is 4.49. The number of aliphatic carboxylic acids is 1. The number of nitrogens with zero attached hydrogens (tertiary/aromatic N) is 1. The topological polar surface area (TPSA) is 77.8 Å². The highest BCUT2D eigenvalue weighted by Crippen LogP contribution is 2.59. The molecule has 0 radical (unpaired) electrons. The molecule has 0 aromatic rings. The number of rotatable bonds is 4. The number of carbonyl (C=O) groups is 2. The molecule has 0 spiro atoms. The number of likely N-dealkylation sites (tertiary alicyclic amines) is 1. The van der Waals surface area contributed by atoms with Crippen LogP contribution in [0.1, 0.15) is 26.7 Å². The molecule has 0 bridgehead atoms. The Hall–Kier alpha value is -1.10. The van der Waals surface area contributed by atoms with Gasteiger partial charge in [-0.25, -0.2) is 0 Å². The van der Waals surface area contributed by atoms with Crippen LogP contribution in [-0.4, -0.2) is 46.7 Å². The lowest BCUT2D eigenvalue weighted by Crippen LogP contribution is -2.32. The molecular weight excluding hydrogens is 234 g/mol. The second-order valence-electron chi connectivity index (χ2n) is 6.07. The Morgan fingerprint density at radius 2 is 2.00 bits per heavy atom. The molecule has 0 aromatic carbocycles. The van der Waals surface area contributed by atoms with Crippen molar-refractivity contribution in [1.82, 2.24) is 4.90 Å². The van der Waals surface area contributed by atoms with Gasteiger partial charge >= 0.3 is 5.97 Å². The number of aliphatic hydroxyl groups excluding tert-OH is 1. The fraction of sp³-hybridized carbons (Fsp3) is 0.846. The second kappa shape index (κ2) is 4.53. The molecule has 1 amide bonds. The van der Waals surface area contributed by atoms with E-state index in [0.29, 0.717) is 19.0 Å². The summed E-state index contributed by atoms with van der Waals surface area (Å²) >= 11 is 0. The molecule has 1 saturated heterocycles. The van der Waals surface area contributed by atoms with Gasteiger partial charge in [0.2, 0.25) is 5.91 Å². The first-order valence-corrected chi connectivity index (χ1v) is 6.52. The van der Waals surface area contributed by atoms with Crippen LogP contribution in [0.4, 0.5) is 0 Å². The van der Waals surface area contributed by atoms with Crippen LogP contribution in [0.5, 0.6) is 0 Å². The van der Waals surface area contributed by atoms with E-state index in [1.807, 2.05) is 13.8 Å². The summed E-state index contributed by atoms with van der Waals surface area (Å²) in [5.41, 5.74) is -0.419. The Labute approximate surface area is 107 Å². The minimum atomic E-state index is -0.871. The van der Waals surface area contributed by atoms with Gasteiger partial charge < -0.3 is 15.1 Å². The number of carbonyl (C=O) groups excluding carboxylic acids is 1. The van der Waals surface area contributed by atoms with Gasteiger partial charge in [0.05, 0.1) is 11.8 Å². The van der Waals surface area contributed by atoms with E-state index < -0.39 is 17.3 Å². The second-order valence-corrected chi connectivity index (χ2v) is 6.07. The molecule has 1 saturated carbocycles. The van der Waals surface area contributed by atoms with E-state index in [9.17, 15) is 9.59 Å². The smallest absolute Gasteiger partial charge is 0.307 e. The van der Waals surface area contributed by atoms with Crippen molar-refractivity contribution in [2.75, 3.05) is 19.7 Å². The Morgan fingerprint density at radius 3 is 2.50 bits per heavy atom. The van der Waals surface area contributed by atoms with Crippen LogP contribution in [-0.2, 0) is 9.59 Å². The van der Waals surface area contributed by atoms with Gasteiger partial charge in [-0.1, -0.05) is 13.8 Å². The standard InChI is InChI=1S/C13H21NO4/c1-13(2)9(10(13)12(17)18)11(16)14-5-3-8(7-14)4-6-15/h8-10,15H,3-7H2,1-2H3,(H,17,18)/t8?,9-,10+/m1/s1. The van der Waals surface area contributed by atoms with Crippen LogP contribution < -0.4 is 0 Å². The monoisotopic (exact) mass is 255 g/mol. The minimum Gasteiger partial charge on any atom is -0.481 e. The maximum Gasteiger partial charge on any atom is 0.307 e. The highest BCUT2D eigenvalue weighted by Gasteiger charge is 2.66. The Bertz CT molecular complexity index is 366. The largest absolute Gasteiger partial charge is 0.481 e. The molecule has 2 N–H and O–H groups in total. The van der Waals surface area contributed by atoms with Crippen LogP contribution in [0.3, 0.4) is 0 Å². The van der Waals surface area contributed by atoms with Gasteiger partial charge in [-0.2, -0.15) is 0 Å². The van der Waals surface area contributed by atoms with Crippen molar-refractivity contribution in [3.8, 4) is 0 Å². The van der Waals surface area contributed by atoms with Crippen LogP contribution in [0, 0.1) is 23.2 Å². The average molecular weight is 255 g/mol. The summed E-state index contributed by atoms with van der Waals surface area (Å²) in [5.74, 6) is -1.44. The molecule has 5 nitrogen and oxygen atoms in total. The van der Waals surface area contributed by atoms with Crippen molar-refractivity contribution in [3.05, 3.63) is 0 Å². The Morgan fingerprint density at radius 1 is 1.33 bits per heavy atom. The van der Waals surface area contributed by atoms with Gasteiger partial charge in [0.25, 0.3) is 0 Å². The SMILES string of the molecule is CC1(C)[C@H](C(=O)O)[C@@H]1C(=O)N1CCC(CCO)C1. The van der Waals surface area contributed by atoms with Crippen molar-refractivity contribution in [1.29, 1.82) is 0 Å². The summed E-state index contributed by atoms with van der Waals surface area (Å²) in [7, 11) is 0. The normalized spacial score (nSPS) is 33.5. The van der Waals surface area contributed by atoms with Crippen molar-refractivity contribution in [2.45, 2.75) is 26.7 Å². The third-order valence-electron chi connectivity index (χ3n) is 4.49. The first kappa shape index (κ1) is 13.3. The lowest BCUT2D eigenvalue weighted by Gasteiger charge is -2.17. The fourth-order valence-electron chi connectivity index (χ4n) is 3.21. The predicted octanol–water partition coefficient (Wildman–Crippen LogP) is 0.574. The number of carboxylic acids is 1. The number of hydrogen-bond donors (Lipinski definition) is 2. The van der Waals surface area contributed by atoms with Crippen molar-refractivity contribution >= 4 is 11.9 Å². The van der Waals surface area contributed by atoms with Crippen molar-refractivity contribution in [2.24, 2.45) is 23.2 Å². The van der Waals surface area contributed by atoms with E-state index in [1.165, 1.54) is 0 Å². The van der Waals surface area contributed by atoms with Crippen molar-refractivity contribution in [3.63, 3.8) is 0 Å². The van der Waals surface area contributed by atoms with Gasteiger partial charge in [-0.3, -0.25) is 9.59 Å². The molecule has 3 atom stereocenters. The first-order chi connectivity index (χ1) is 8.39. The van der Waals surface area contributed by atoms with E-state index in [2.05, 4.69) is 0 Å². The molecule has 1 aliphatic heterocycles. The summed E-state index contributed by atoms with van der Waals surface area (Å²) in [6.45, 7) is 5.20. The molecule has 1 unspecified atom stereocenters. The molecule has 18 heavy (non-hydrogen) atoms. The molecule has 1 heterocycles. The zero-order valence-corrected chi connectivity index (χ0v) is 10.9. The molecule has 2 aliphatic rings. The number of carboxylic acid groups (broad SMARTS) is 1. The summed E-state index contributed by atoms with van der Waals surface area (Å²) in [4.78, 5) is 25.1. The van der Waals surface area contributed by atoms with Crippen LogP contribution in [0.15, 0.2) is 0 Å². The van der Waals surface area contributed by atoms with Crippen LogP contribution in [0.2, 0.25) is 0 Å². The lowest BCUT2D eigenvalue weighted by molar-refractivity contribution is -0.141. The number of amides is 1. The van der Waals surface area contributed by atoms with Crippen LogP contribution in [0.25, 0.3) is 0 Å². The summed E-state index contributed by atoms with van der Waals surface area (Å²) in [5, 5.41) is 18.0. The highest BCUT2D eigenvalue weighted by atomic mass is 16.4. The van der Waals surface area contributed by atoms with Gasteiger partial charge in [0, 0.05) is 19.7 Å². The zero-order valence-electron chi connectivity index (χ0n) is 10.9. The van der Waals surface area contributed by atoms with Crippen molar-refractivity contribution < 1.29 is 19.8 Å². The fourth-order valence-corrected chi connectivity index (χ4v) is 3.21. The maximum atomic E-state index is 12.3. The van der Waals surface area contributed by atoms with E-state index >= 15 is 0 Å². The van der Waals surface area contributed by atoms with E-state index in [1.54, 1.807) is 4.90 Å². The van der Waals surface area contributed by atoms with E-state index in [4.69, 9.17) is 10.2 Å². The van der Waals surface area contributed by atoms with E-state index in [0.717, 1.165) is 12.8 Å². The summed E-state index contributed by atoms with van der Waals surface area (Å²) in [6.07, 6.45) is 1.64. The average Bonchev–Trinajstić information content (AvgIpc) is 2.66. The molecule has 2 rings (SSSR count). The van der Waals surface area contributed by atoms with Crippen LogP contribution >= 0.6 is 0 Å². The van der Waals surface area contributed by atoms with Gasteiger partial charge in [0.15, 0.2) is 0 Å². The molecule has 0 aromatic heterocycles. The molecule has 5 heteroatoms. The highest BCUT2D eigenvalue weighted by molar-refractivity contribution is 5.91. The maximum absolute atomic E-state index is 12.3. The number of aliphatic hydroxyl groups is 1. The van der Waals surface area contributed by atoms with Gasteiger partial charge in [0.1, 0.15) is 0 Å². The Balaban J connectivity index is 1.96. The molecule has 102 valence electrons. The number of hydrogen-bond acceptors (Lipinski definition) is 3. The molecular formula is C13H21NO4. The van der Waals surface area contributed by atoms with E-state index in [-0.39, 0.29) is 18.4 Å². The lowest BCUT2D eigenvalue weighted by atomic mass is 10.1. The minimum absolute atomic E-state index is 0.0205. The quantitative estimate of drug-likeness (QED) is 0.770. The first-order valence-electron chi connectivity index (χ1n) is 6.52. The summed E-state index contributed by atoms with van der Waals surface area (Å²) < 4.78 is 0.